The second-order valence-electron chi connectivity index (χ2n) is 3.34. The molecule has 0 spiro atoms. The molecule has 6 nitrogen and oxygen atoms in total. The van der Waals surface area contributed by atoms with Crippen molar-refractivity contribution in [3.8, 4) is 0 Å². The molecule has 0 radical (unpaired) electrons. The first-order valence-electron chi connectivity index (χ1n) is 3.78. The van der Waals surface area contributed by atoms with E-state index in [0.29, 0.717) is 0 Å². The van der Waals surface area contributed by atoms with Crippen LogP contribution >= 0.6 is 0 Å². The van der Waals surface area contributed by atoms with Crippen molar-refractivity contribution < 1.29 is 14.7 Å². The van der Waals surface area contributed by atoms with Crippen LogP contribution in [0.2, 0.25) is 0 Å². The molecule has 0 aromatic carbocycles. The van der Waals surface area contributed by atoms with E-state index in [2.05, 4.69) is 15.6 Å². The number of amides is 2. The van der Waals surface area contributed by atoms with Crippen molar-refractivity contribution in [1.29, 1.82) is 0 Å². The number of carbonyl (C=O) groups is 2. The summed E-state index contributed by atoms with van der Waals surface area (Å²) in [6.07, 6.45) is 0. The number of aliphatic imine (C=N–C) groups is 1. The number of hydrogen-bond donors (Lipinski definition) is 3. The lowest BCUT2D eigenvalue weighted by Crippen LogP contribution is -2.33. The summed E-state index contributed by atoms with van der Waals surface area (Å²) in [5.74, 6) is -1.37. The van der Waals surface area contributed by atoms with Crippen LogP contribution in [0.4, 0.5) is 0 Å². The van der Waals surface area contributed by atoms with E-state index in [4.69, 9.17) is 5.11 Å². The Morgan fingerprint density at radius 3 is 2.15 bits per heavy atom. The zero-order valence-electron chi connectivity index (χ0n) is 7.42. The predicted octanol–water partition coefficient (Wildman–Crippen LogP) is -1.64. The van der Waals surface area contributed by atoms with Gasteiger partial charge in [0.1, 0.15) is 0 Å². The summed E-state index contributed by atoms with van der Waals surface area (Å²) >= 11 is 0. The molecule has 1 aliphatic rings. The molecule has 0 saturated carbocycles. The Morgan fingerprint density at radius 1 is 1.31 bits per heavy atom. The lowest BCUT2D eigenvalue weighted by atomic mass is 10.1. The molecular weight excluding hydrogens is 174 g/mol. The third-order valence-corrected chi connectivity index (χ3v) is 1.47. The maximum absolute atomic E-state index is 10.7. The molecule has 1 fully saturated rings. The number of nitrogens with one attached hydrogen (secondary N) is 2. The second-order valence-corrected chi connectivity index (χ2v) is 3.34. The van der Waals surface area contributed by atoms with Gasteiger partial charge in [-0.1, -0.05) is 0 Å². The highest BCUT2D eigenvalue weighted by Crippen LogP contribution is 2.06. The van der Waals surface area contributed by atoms with Gasteiger partial charge in [-0.15, -0.1) is 0 Å². The second kappa shape index (κ2) is 3.14. The van der Waals surface area contributed by atoms with Gasteiger partial charge in [-0.05, 0) is 13.8 Å². The molecule has 1 rings (SSSR count). The van der Waals surface area contributed by atoms with E-state index in [-0.39, 0.29) is 12.6 Å². The Labute approximate surface area is 75.0 Å². The minimum absolute atomic E-state index is 0.0917. The molecule has 2 amide bonds. The zero-order chi connectivity index (χ0) is 10.1. The van der Waals surface area contributed by atoms with Crippen LogP contribution in [0.1, 0.15) is 13.8 Å². The van der Waals surface area contributed by atoms with E-state index in [1.165, 1.54) is 0 Å². The lowest BCUT2D eigenvalue weighted by molar-refractivity contribution is -0.135. The monoisotopic (exact) mass is 185 g/mol. The normalized spacial score (nSPS) is 17.0. The van der Waals surface area contributed by atoms with Crippen molar-refractivity contribution in [3.05, 3.63) is 0 Å². The predicted molar refractivity (Wildman–Crippen MR) is 44.9 cm³/mol. The summed E-state index contributed by atoms with van der Waals surface area (Å²) in [7, 11) is 0. The van der Waals surface area contributed by atoms with E-state index >= 15 is 0 Å². The Balaban J connectivity index is 2.75. The van der Waals surface area contributed by atoms with Crippen molar-refractivity contribution >= 4 is 17.8 Å². The Morgan fingerprint density at radius 2 is 1.77 bits per heavy atom. The number of hydrogen-bond acceptors (Lipinski definition) is 4. The molecule has 0 unspecified atom stereocenters. The quantitative estimate of drug-likeness (QED) is 0.450. The van der Waals surface area contributed by atoms with Crippen LogP contribution < -0.4 is 10.6 Å². The van der Waals surface area contributed by atoms with Crippen LogP contribution in [0.25, 0.3) is 0 Å². The van der Waals surface area contributed by atoms with Crippen LogP contribution in [-0.2, 0) is 9.59 Å². The Bertz CT molecular complexity index is 265. The van der Waals surface area contributed by atoms with Crippen molar-refractivity contribution in [2.45, 2.75) is 19.4 Å². The van der Waals surface area contributed by atoms with Gasteiger partial charge in [-0.25, -0.2) is 4.99 Å². The van der Waals surface area contributed by atoms with Crippen molar-refractivity contribution in [2.75, 3.05) is 6.61 Å². The molecule has 3 N–H and O–H groups in total. The minimum Gasteiger partial charge on any atom is -0.394 e. The van der Waals surface area contributed by atoms with Crippen LogP contribution in [-0.4, -0.2) is 35.0 Å². The highest BCUT2D eigenvalue weighted by Gasteiger charge is 2.27. The summed E-state index contributed by atoms with van der Waals surface area (Å²) in [5.41, 5.74) is -0.708. The molecule has 1 saturated heterocycles. The van der Waals surface area contributed by atoms with E-state index in [0.717, 1.165) is 0 Å². The fraction of sp³-hybridized carbons (Fsp3) is 0.571. The summed E-state index contributed by atoms with van der Waals surface area (Å²) in [5, 5.41) is 13.3. The smallest absolute Gasteiger partial charge is 0.316 e. The fourth-order valence-corrected chi connectivity index (χ4v) is 0.754. The largest absolute Gasteiger partial charge is 0.394 e. The number of nitrogens with zero attached hydrogens (tertiary/aromatic N) is 1. The van der Waals surface area contributed by atoms with Gasteiger partial charge in [0.15, 0.2) is 0 Å². The standard InChI is InChI=1S/C7H11N3O3/c1-7(2,3-11)10-6-8-4(12)5(13)9-6/h11H,3H2,1-2H3,(H2,8,9,10,12,13). The van der Waals surface area contributed by atoms with Gasteiger partial charge < -0.3 is 5.11 Å². The molecular formula is C7H11N3O3. The van der Waals surface area contributed by atoms with Gasteiger partial charge in [-0.3, -0.25) is 20.2 Å². The molecule has 1 aliphatic heterocycles. The van der Waals surface area contributed by atoms with Crippen LogP contribution in [0.15, 0.2) is 4.99 Å². The maximum Gasteiger partial charge on any atom is 0.316 e. The third-order valence-electron chi connectivity index (χ3n) is 1.47. The SMILES string of the molecule is CC(C)(CO)N=C1NC(=O)C(=O)N1. The first kappa shape index (κ1) is 9.66. The maximum atomic E-state index is 10.7. The lowest BCUT2D eigenvalue weighted by Gasteiger charge is -2.15. The fourth-order valence-electron chi connectivity index (χ4n) is 0.754. The van der Waals surface area contributed by atoms with Crippen molar-refractivity contribution in [1.82, 2.24) is 10.6 Å². The summed E-state index contributed by atoms with van der Waals surface area (Å²) in [6.45, 7) is 3.19. The Kier molecular flexibility index (Phi) is 2.33. The van der Waals surface area contributed by atoms with E-state index in [1.807, 2.05) is 0 Å². The molecule has 6 heteroatoms. The number of aliphatic hydroxyl groups excluding tert-OH is 1. The van der Waals surface area contributed by atoms with Gasteiger partial charge >= 0.3 is 11.8 Å². The van der Waals surface area contributed by atoms with Crippen molar-refractivity contribution in [2.24, 2.45) is 4.99 Å². The first-order valence-corrected chi connectivity index (χ1v) is 3.78. The topological polar surface area (TPSA) is 90.8 Å². The van der Waals surface area contributed by atoms with Gasteiger partial charge in [0.25, 0.3) is 0 Å². The molecule has 0 atom stereocenters. The highest BCUT2D eigenvalue weighted by molar-refractivity contribution is 6.45. The molecule has 1 heterocycles. The molecule has 0 aromatic rings. The number of carbonyl (C=O) groups excluding carboxylic acids is 2. The Hall–Kier alpha value is -1.43. The van der Waals surface area contributed by atoms with Gasteiger partial charge in [-0.2, -0.15) is 0 Å². The minimum atomic E-state index is -0.729. The highest BCUT2D eigenvalue weighted by atomic mass is 16.3. The number of guanidine groups is 1. The van der Waals surface area contributed by atoms with Gasteiger partial charge in [0.05, 0.1) is 12.1 Å². The van der Waals surface area contributed by atoms with Crippen LogP contribution in [0.3, 0.4) is 0 Å². The van der Waals surface area contributed by atoms with Gasteiger partial charge in [0.2, 0.25) is 5.96 Å². The van der Waals surface area contributed by atoms with Crippen LogP contribution in [0.5, 0.6) is 0 Å². The summed E-state index contributed by atoms with van der Waals surface area (Å²) < 4.78 is 0. The summed E-state index contributed by atoms with van der Waals surface area (Å²) in [4.78, 5) is 25.3. The molecule has 0 aromatic heterocycles. The van der Waals surface area contributed by atoms with Gasteiger partial charge in [0, 0.05) is 0 Å². The molecule has 0 bridgehead atoms. The van der Waals surface area contributed by atoms with E-state index < -0.39 is 17.4 Å². The number of rotatable bonds is 2. The molecule has 0 aliphatic carbocycles. The summed E-state index contributed by atoms with van der Waals surface area (Å²) in [6, 6.07) is 0. The average molecular weight is 185 g/mol. The van der Waals surface area contributed by atoms with E-state index in [1.54, 1.807) is 13.8 Å². The van der Waals surface area contributed by atoms with Crippen LogP contribution in [0, 0.1) is 0 Å². The third kappa shape index (κ3) is 2.25. The average Bonchev–Trinajstić information content (AvgIpc) is 2.30. The number of aliphatic hydroxyl groups is 1. The molecule has 72 valence electrons. The first-order chi connectivity index (χ1) is 5.94. The zero-order valence-corrected chi connectivity index (χ0v) is 7.42. The van der Waals surface area contributed by atoms with E-state index in [9.17, 15) is 9.59 Å². The molecule has 13 heavy (non-hydrogen) atoms. The van der Waals surface area contributed by atoms with Crippen molar-refractivity contribution in [3.63, 3.8) is 0 Å².